The number of para-hydroxylation sites is 2. The van der Waals surface area contributed by atoms with Crippen molar-refractivity contribution in [2.45, 2.75) is 19.3 Å². The highest BCUT2D eigenvalue weighted by Gasteiger charge is 2.35. The van der Waals surface area contributed by atoms with E-state index in [1.165, 1.54) is 93.7 Å². The molecule has 1 aliphatic rings. The maximum Gasteiger partial charge on any atom is 0.164 e. The van der Waals surface area contributed by atoms with Crippen molar-refractivity contribution in [3.8, 4) is 135 Å². The van der Waals surface area contributed by atoms with E-state index in [4.69, 9.17) is 29.9 Å². The zero-order chi connectivity index (χ0) is 71.4. The topological polar surface area (TPSA) is 87.2 Å². The molecule has 20 rings (SSSR count). The molecule has 0 spiro atoms. The van der Waals surface area contributed by atoms with Gasteiger partial charge in [-0.2, -0.15) is 0 Å². The van der Waals surface area contributed by atoms with E-state index in [1.54, 1.807) is 0 Å². The average molecular weight is 1370 g/mol. The summed E-state index contributed by atoms with van der Waals surface area (Å²) in [6.07, 6.45) is 0. The molecule has 4 heterocycles. The molecule has 0 radical (unpaired) electrons. The lowest BCUT2D eigenvalue weighted by Crippen LogP contribution is -2.15. The van der Waals surface area contributed by atoms with Crippen molar-refractivity contribution in [2.24, 2.45) is 0 Å². The Kier molecular flexibility index (Phi) is 16.1. The third kappa shape index (κ3) is 11.9. The van der Waals surface area contributed by atoms with Crippen LogP contribution in [0.2, 0.25) is 0 Å². The lowest BCUT2D eigenvalue weighted by atomic mass is 9.82. The average Bonchev–Trinajstić information content (AvgIpc) is 1.59. The van der Waals surface area contributed by atoms with E-state index in [0.29, 0.717) is 34.9 Å². The summed E-state index contributed by atoms with van der Waals surface area (Å²) in [5, 5.41) is 4.96. The van der Waals surface area contributed by atoms with Crippen LogP contribution < -0.4 is 0 Å². The number of nitrogens with zero attached hydrogens (tertiary/aromatic N) is 8. The van der Waals surface area contributed by atoms with E-state index >= 15 is 0 Å². The van der Waals surface area contributed by atoms with Crippen LogP contribution in [0, 0.1) is 0 Å². The largest absolute Gasteiger partial charge is 0.309 e. The maximum absolute atomic E-state index is 5.19. The molecule has 19 aromatic rings. The SMILES string of the molecule is CC1(C)c2ccccc2-c2ccc(-c3nc(-c4ccc(-c5ccccc5)cc4)nc(-c4ccc(-n5c6ccccc6c6cc(-c7ccccc7)ccc65)cc4)n3)cc21.c1ccc(-c2ccc3c(c2)c2ccccc2n3-c2ccc(-c3ccc(-c4nc(-c5ccccc5)nc(-c5ccccc5)n4)cc3)cc2)cc1. The van der Waals surface area contributed by atoms with Gasteiger partial charge in [-0.1, -0.05) is 311 Å². The molecule has 0 bridgehead atoms. The minimum absolute atomic E-state index is 0.139. The number of hydrogen-bond acceptors (Lipinski definition) is 6. The minimum Gasteiger partial charge on any atom is -0.309 e. The van der Waals surface area contributed by atoms with Crippen molar-refractivity contribution in [2.75, 3.05) is 0 Å². The van der Waals surface area contributed by atoms with Crippen LogP contribution in [0.25, 0.3) is 179 Å². The Balaban J connectivity index is 0.000000148. The molecule has 1 aliphatic carbocycles. The van der Waals surface area contributed by atoms with Crippen LogP contribution in [0.3, 0.4) is 0 Å². The number of benzene rings is 15. The summed E-state index contributed by atoms with van der Waals surface area (Å²) in [6, 6.07) is 133. The van der Waals surface area contributed by atoms with Crippen molar-refractivity contribution in [1.29, 1.82) is 0 Å². The summed E-state index contributed by atoms with van der Waals surface area (Å²) in [6.45, 7) is 4.61. The van der Waals surface area contributed by atoms with Gasteiger partial charge in [0, 0.05) is 71.7 Å². The Morgan fingerprint density at radius 2 is 0.449 bits per heavy atom. The van der Waals surface area contributed by atoms with Gasteiger partial charge in [-0.3, -0.25) is 0 Å². The first-order chi connectivity index (χ1) is 52.8. The molecule has 0 N–H and O–H groups in total. The summed E-state index contributed by atoms with van der Waals surface area (Å²) in [5.41, 5.74) is 27.2. The zero-order valence-corrected chi connectivity index (χ0v) is 58.9. The summed E-state index contributed by atoms with van der Waals surface area (Å²) >= 11 is 0. The lowest BCUT2D eigenvalue weighted by molar-refractivity contribution is 0.660. The molecular weight excluding hydrogens is 1300 g/mol. The Morgan fingerprint density at radius 1 is 0.187 bits per heavy atom. The Bertz CT molecular complexity index is 6460. The second-order valence-corrected chi connectivity index (χ2v) is 27.8. The number of fused-ring (bicyclic) bond motifs is 9. The van der Waals surface area contributed by atoms with Crippen LogP contribution in [-0.4, -0.2) is 39.0 Å². The molecule has 0 saturated heterocycles. The Hall–Kier alpha value is -14.1. The van der Waals surface area contributed by atoms with E-state index in [-0.39, 0.29) is 5.41 Å². The molecule has 107 heavy (non-hydrogen) atoms. The number of hydrogen-bond donors (Lipinski definition) is 0. The molecule has 8 heteroatoms. The van der Waals surface area contributed by atoms with Gasteiger partial charge in [0.1, 0.15) is 0 Å². The minimum atomic E-state index is -0.139. The summed E-state index contributed by atoms with van der Waals surface area (Å²) in [7, 11) is 0. The first kappa shape index (κ1) is 63.8. The highest BCUT2D eigenvalue weighted by atomic mass is 15.0. The molecule has 0 aliphatic heterocycles. The smallest absolute Gasteiger partial charge is 0.164 e. The first-order valence-electron chi connectivity index (χ1n) is 36.3. The van der Waals surface area contributed by atoms with Gasteiger partial charge >= 0.3 is 0 Å². The number of aromatic nitrogens is 8. The fourth-order valence-corrected chi connectivity index (χ4v) is 15.5. The van der Waals surface area contributed by atoms with Gasteiger partial charge in [0.25, 0.3) is 0 Å². The molecule has 4 aromatic heterocycles. The van der Waals surface area contributed by atoms with E-state index in [2.05, 4.69) is 332 Å². The van der Waals surface area contributed by atoms with E-state index in [0.717, 1.165) is 61.4 Å². The standard InChI is InChI=1S/C54H38N4.C45H30N4/c1-54(2)47-19-11-9-17-43(47)44-31-27-41(34-48(44)54)53-56-51(38-23-21-37(22-24-38)35-13-5-3-6-14-35)55-52(57-53)39-25-29-42(30-26-39)58-49-20-12-10-18-45(49)46-33-40(28-32-50(46)58)36-15-7-4-8-16-36;1-4-12-31(13-5-1)37-26-29-42-40(30-37)39-18-10-11-19-41(39)49(42)38-27-24-33(25-28-38)32-20-22-36(23-21-32)45-47-43(34-14-6-2-7-15-34)46-44(48-45)35-16-8-3-9-17-35/h3-34H,1-2H3;1-30H. The summed E-state index contributed by atoms with van der Waals surface area (Å²) in [5.74, 6) is 3.90. The molecule has 504 valence electrons. The monoisotopic (exact) mass is 1370 g/mol. The fourth-order valence-electron chi connectivity index (χ4n) is 15.5. The van der Waals surface area contributed by atoms with Crippen LogP contribution in [0.4, 0.5) is 0 Å². The Labute approximate surface area is 620 Å². The Morgan fingerprint density at radius 3 is 0.860 bits per heavy atom. The van der Waals surface area contributed by atoms with Gasteiger partial charge in [-0.05, 0) is 146 Å². The molecule has 0 unspecified atom stereocenters. The van der Waals surface area contributed by atoms with E-state index < -0.39 is 0 Å². The molecule has 8 nitrogen and oxygen atoms in total. The molecule has 0 fully saturated rings. The summed E-state index contributed by atoms with van der Waals surface area (Å²) in [4.78, 5) is 30.1. The van der Waals surface area contributed by atoms with Crippen LogP contribution >= 0.6 is 0 Å². The van der Waals surface area contributed by atoms with Gasteiger partial charge in [-0.15, -0.1) is 0 Å². The van der Waals surface area contributed by atoms with Gasteiger partial charge < -0.3 is 9.13 Å². The van der Waals surface area contributed by atoms with Gasteiger partial charge in [-0.25, -0.2) is 29.9 Å². The van der Waals surface area contributed by atoms with Crippen molar-refractivity contribution in [3.05, 3.63) is 387 Å². The van der Waals surface area contributed by atoms with Crippen molar-refractivity contribution in [1.82, 2.24) is 39.0 Å². The lowest BCUT2D eigenvalue weighted by Gasteiger charge is -2.21. The quantitative estimate of drug-likeness (QED) is 0.121. The molecule has 0 amide bonds. The fraction of sp³-hybridized carbons (Fsp3) is 0.0303. The van der Waals surface area contributed by atoms with Crippen molar-refractivity contribution >= 4 is 43.6 Å². The first-order valence-corrected chi connectivity index (χ1v) is 36.3. The molecule has 0 saturated carbocycles. The van der Waals surface area contributed by atoms with Gasteiger partial charge in [0.15, 0.2) is 34.9 Å². The van der Waals surface area contributed by atoms with Crippen LogP contribution in [0.15, 0.2) is 376 Å². The predicted octanol–water partition coefficient (Wildman–Crippen LogP) is 24.9. The molecular formula is C99H68N8. The maximum atomic E-state index is 5.19. The normalized spacial score (nSPS) is 12.1. The second kappa shape index (κ2) is 26.9. The molecule has 15 aromatic carbocycles. The second-order valence-electron chi connectivity index (χ2n) is 27.8. The van der Waals surface area contributed by atoms with Crippen LogP contribution in [-0.2, 0) is 5.41 Å². The highest BCUT2D eigenvalue weighted by molar-refractivity contribution is 6.12. The number of rotatable bonds is 12. The highest BCUT2D eigenvalue weighted by Crippen LogP contribution is 2.50. The van der Waals surface area contributed by atoms with E-state index in [9.17, 15) is 0 Å². The summed E-state index contributed by atoms with van der Waals surface area (Å²) < 4.78 is 4.72. The van der Waals surface area contributed by atoms with Crippen molar-refractivity contribution in [3.63, 3.8) is 0 Å². The van der Waals surface area contributed by atoms with Crippen molar-refractivity contribution < 1.29 is 0 Å². The molecule has 0 atom stereocenters. The third-order valence-electron chi connectivity index (χ3n) is 21.0. The van der Waals surface area contributed by atoms with E-state index in [1.807, 2.05) is 66.7 Å². The van der Waals surface area contributed by atoms with Crippen LogP contribution in [0.1, 0.15) is 25.0 Å². The van der Waals surface area contributed by atoms with Crippen LogP contribution in [0.5, 0.6) is 0 Å². The van der Waals surface area contributed by atoms with Gasteiger partial charge in [0.2, 0.25) is 0 Å². The predicted molar refractivity (Wildman–Crippen MR) is 440 cm³/mol. The zero-order valence-electron chi connectivity index (χ0n) is 58.9. The third-order valence-corrected chi connectivity index (χ3v) is 21.0. The van der Waals surface area contributed by atoms with Gasteiger partial charge in [0.05, 0.1) is 22.1 Å².